The zero-order valence-electron chi connectivity index (χ0n) is 15.2. The molecule has 4 heteroatoms. The van der Waals surface area contributed by atoms with Crippen LogP contribution in [-0.4, -0.2) is 49.5 Å². The van der Waals surface area contributed by atoms with Gasteiger partial charge in [0, 0.05) is 12.6 Å². The number of rotatable bonds is 8. The highest BCUT2D eigenvalue weighted by Gasteiger charge is 2.20. The number of hydrogen-bond donors (Lipinski definition) is 1. The second-order valence-corrected chi connectivity index (χ2v) is 6.61. The van der Waals surface area contributed by atoms with Gasteiger partial charge < -0.3 is 19.5 Å². The van der Waals surface area contributed by atoms with Gasteiger partial charge in [0.2, 0.25) is 0 Å². The zero-order valence-corrected chi connectivity index (χ0v) is 15.2. The number of likely N-dealkylation sites (N-methyl/N-ethyl adjacent to an activating group) is 1. The molecule has 2 rings (SSSR count). The number of hydrogen-bond acceptors (Lipinski definition) is 4. The zero-order chi connectivity index (χ0) is 17.4. The van der Waals surface area contributed by atoms with Crippen molar-refractivity contribution < 1.29 is 14.6 Å². The Kier molecular flexibility index (Phi) is 7.60. The molecule has 1 aromatic rings. The molecule has 0 saturated heterocycles. The predicted molar refractivity (Wildman–Crippen MR) is 98.7 cm³/mol. The van der Waals surface area contributed by atoms with Crippen molar-refractivity contribution in [3.05, 3.63) is 29.8 Å². The first kappa shape index (κ1) is 18.8. The summed E-state index contributed by atoms with van der Waals surface area (Å²) in [6.07, 6.45) is 9.93. The highest BCUT2D eigenvalue weighted by molar-refractivity contribution is 5.55. The van der Waals surface area contributed by atoms with E-state index in [2.05, 4.69) is 11.9 Å². The second kappa shape index (κ2) is 9.70. The molecule has 1 aromatic carbocycles. The minimum atomic E-state index is -0.503. The Balaban J connectivity index is 1.85. The first-order chi connectivity index (χ1) is 11.6. The predicted octanol–water partition coefficient (Wildman–Crippen LogP) is 3.73. The van der Waals surface area contributed by atoms with E-state index in [1.165, 1.54) is 32.1 Å². The molecule has 1 N–H and O–H groups in total. The molecule has 134 valence electrons. The topological polar surface area (TPSA) is 41.9 Å². The minimum absolute atomic E-state index is 0.274. The van der Waals surface area contributed by atoms with E-state index in [4.69, 9.17) is 9.47 Å². The molecule has 1 aliphatic carbocycles. The third-order valence-electron chi connectivity index (χ3n) is 4.67. The molecule has 0 spiro atoms. The van der Waals surface area contributed by atoms with Crippen LogP contribution in [0.25, 0.3) is 6.08 Å². The van der Waals surface area contributed by atoms with Crippen molar-refractivity contribution >= 4 is 6.08 Å². The molecule has 4 nitrogen and oxygen atoms in total. The van der Waals surface area contributed by atoms with Gasteiger partial charge in [0.25, 0.3) is 0 Å². The van der Waals surface area contributed by atoms with Gasteiger partial charge >= 0.3 is 0 Å². The van der Waals surface area contributed by atoms with E-state index >= 15 is 0 Å². The van der Waals surface area contributed by atoms with Gasteiger partial charge in [-0.2, -0.15) is 0 Å². The van der Waals surface area contributed by atoms with Gasteiger partial charge in [-0.1, -0.05) is 37.5 Å². The maximum absolute atomic E-state index is 10.3. The Labute approximate surface area is 146 Å². The van der Waals surface area contributed by atoms with Crippen LogP contribution in [-0.2, 0) is 0 Å². The lowest BCUT2D eigenvalue weighted by Crippen LogP contribution is -2.40. The summed E-state index contributed by atoms with van der Waals surface area (Å²) in [6, 6.07) is 6.42. The number of ether oxygens (including phenoxy) is 2. The van der Waals surface area contributed by atoms with E-state index in [-0.39, 0.29) is 6.61 Å². The fourth-order valence-corrected chi connectivity index (χ4v) is 3.34. The number of methoxy groups -OCH3 is 1. The van der Waals surface area contributed by atoms with E-state index in [0.29, 0.717) is 24.1 Å². The van der Waals surface area contributed by atoms with Crippen LogP contribution in [0.2, 0.25) is 0 Å². The lowest BCUT2D eigenvalue weighted by Gasteiger charge is -2.32. The molecule has 0 unspecified atom stereocenters. The average Bonchev–Trinajstić information content (AvgIpc) is 2.61. The van der Waals surface area contributed by atoms with Crippen LogP contribution < -0.4 is 9.47 Å². The van der Waals surface area contributed by atoms with Gasteiger partial charge in [-0.25, -0.2) is 0 Å². The van der Waals surface area contributed by atoms with Crippen LogP contribution in [0.1, 0.15) is 44.6 Å². The average molecular weight is 333 g/mol. The minimum Gasteiger partial charge on any atom is -0.493 e. The fraction of sp³-hybridized carbons (Fsp3) is 0.600. The van der Waals surface area contributed by atoms with E-state index in [1.807, 2.05) is 37.3 Å². The third-order valence-corrected chi connectivity index (χ3v) is 4.67. The van der Waals surface area contributed by atoms with Crippen molar-refractivity contribution in [3.8, 4) is 11.5 Å². The summed E-state index contributed by atoms with van der Waals surface area (Å²) in [5.41, 5.74) is 1.07. The summed E-state index contributed by atoms with van der Waals surface area (Å²) in [5.74, 6) is 1.36. The summed E-state index contributed by atoms with van der Waals surface area (Å²) in [7, 11) is 3.74. The van der Waals surface area contributed by atoms with Crippen molar-refractivity contribution in [3.63, 3.8) is 0 Å². The number of benzene rings is 1. The summed E-state index contributed by atoms with van der Waals surface area (Å²) in [6.45, 7) is 2.90. The summed E-state index contributed by atoms with van der Waals surface area (Å²) in [5, 5.41) is 10.3. The first-order valence-electron chi connectivity index (χ1n) is 8.96. The van der Waals surface area contributed by atoms with E-state index < -0.39 is 6.10 Å². The molecule has 1 fully saturated rings. The smallest absolute Gasteiger partial charge is 0.161 e. The number of aliphatic hydroxyl groups excluding tert-OH is 1. The Morgan fingerprint density at radius 2 is 2.00 bits per heavy atom. The molecule has 0 heterocycles. The van der Waals surface area contributed by atoms with Gasteiger partial charge in [-0.05, 0) is 44.5 Å². The largest absolute Gasteiger partial charge is 0.493 e. The fourth-order valence-electron chi connectivity index (χ4n) is 3.34. The van der Waals surface area contributed by atoms with Crippen LogP contribution in [0.4, 0.5) is 0 Å². The maximum Gasteiger partial charge on any atom is 0.161 e. The van der Waals surface area contributed by atoms with Crippen LogP contribution in [0, 0.1) is 0 Å². The van der Waals surface area contributed by atoms with Crippen LogP contribution >= 0.6 is 0 Å². The molecule has 0 amide bonds. The highest BCUT2D eigenvalue weighted by Crippen LogP contribution is 2.29. The number of nitrogens with zero attached hydrogens (tertiary/aromatic N) is 1. The lowest BCUT2D eigenvalue weighted by molar-refractivity contribution is 0.0553. The molecule has 0 aromatic heterocycles. The van der Waals surface area contributed by atoms with E-state index in [9.17, 15) is 5.11 Å². The molecule has 24 heavy (non-hydrogen) atoms. The van der Waals surface area contributed by atoms with E-state index in [1.54, 1.807) is 7.11 Å². The number of aliphatic hydroxyl groups is 1. The van der Waals surface area contributed by atoms with Gasteiger partial charge in [0.15, 0.2) is 11.5 Å². The van der Waals surface area contributed by atoms with Crippen molar-refractivity contribution in [1.82, 2.24) is 4.90 Å². The van der Waals surface area contributed by atoms with Crippen molar-refractivity contribution in [1.29, 1.82) is 0 Å². The molecular formula is C20H31NO3. The van der Waals surface area contributed by atoms with Gasteiger partial charge in [-0.15, -0.1) is 0 Å². The molecular weight excluding hydrogens is 302 g/mol. The summed E-state index contributed by atoms with van der Waals surface area (Å²) >= 11 is 0. The Hall–Kier alpha value is -1.52. The van der Waals surface area contributed by atoms with Crippen molar-refractivity contribution in [2.75, 3.05) is 27.3 Å². The van der Waals surface area contributed by atoms with Crippen molar-refractivity contribution in [2.24, 2.45) is 0 Å². The standard InChI is InChI=1S/C20H31NO3/c1-4-8-16-11-12-19(20(13-16)23-3)24-15-18(22)14-21(2)17-9-6-5-7-10-17/h4,8,11-13,17-18,22H,5-7,9-10,14-15H2,1-3H3/b8-4+/t18-/m1/s1. The summed E-state index contributed by atoms with van der Waals surface area (Å²) < 4.78 is 11.2. The van der Waals surface area contributed by atoms with Gasteiger partial charge in [0.05, 0.1) is 7.11 Å². The van der Waals surface area contributed by atoms with Crippen LogP contribution in [0.15, 0.2) is 24.3 Å². The molecule has 0 bridgehead atoms. The molecule has 0 aliphatic heterocycles. The van der Waals surface area contributed by atoms with Crippen molar-refractivity contribution in [2.45, 2.75) is 51.2 Å². The van der Waals surface area contributed by atoms with Crippen LogP contribution in [0.3, 0.4) is 0 Å². The Morgan fingerprint density at radius 3 is 2.67 bits per heavy atom. The van der Waals surface area contributed by atoms with Gasteiger partial charge in [0.1, 0.15) is 12.7 Å². The molecule has 1 aliphatic rings. The molecule has 1 atom stereocenters. The quantitative estimate of drug-likeness (QED) is 0.787. The summed E-state index contributed by atoms with van der Waals surface area (Å²) in [4.78, 5) is 2.28. The molecule has 1 saturated carbocycles. The van der Waals surface area contributed by atoms with Crippen LogP contribution in [0.5, 0.6) is 11.5 Å². The van der Waals surface area contributed by atoms with Gasteiger partial charge in [-0.3, -0.25) is 0 Å². The second-order valence-electron chi connectivity index (χ2n) is 6.61. The van der Waals surface area contributed by atoms with E-state index in [0.717, 1.165) is 5.56 Å². The Morgan fingerprint density at radius 1 is 1.25 bits per heavy atom. The maximum atomic E-state index is 10.3. The SMILES string of the molecule is C/C=C/c1ccc(OC[C@H](O)CN(C)C2CCCCC2)c(OC)c1. The third kappa shape index (κ3) is 5.53. The Bertz CT molecular complexity index is 524. The number of allylic oxidation sites excluding steroid dienone is 1. The lowest BCUT2D eigenvalue weighted by atomic mass is 9.94. The molecule has 0 radical (unpaired) electrons. The highest BCUT2D eigenvalue weighted by atomic mass is 16.5. The monoisotopic (exact) mass is 333 g/mol. The first-order valence-corrected chi connectivity index (χ1v) is 8.96. The normalized spacial score (nSPS) is 17.4.